The molecule has 1 aliphatic rings. The number of benzene rings is 1. The van der Waals surface area contributed by atoms with E-state index in [0.717, 1.165) is 4.88 Å². The lowest BCUT2D eigenvalue weighted by Gasteiger charge is -2.24. The van der Waals surface area contributed by atoms with Crippen molar-refractivity contribution in [3.05, 3.63) is 76.5 Å². The molecule has 7 nitrogen and oxygen atoms in total. The lowest BCUT2D eigenvalue weighted by molar-refractivity contribution is -0.139. The zero-order chi connectivity index (χ0) is 21.8. The van der Waals surface area contributed by atoms with E-state index in [4.69, 9.17) is 4.74 Å². The van der Waals surface area contributed by atoms with Crippen molar-refractivity contribution in [1.29, 1.82) is 0 Å². The first kappa shape index (κ1) is 20.9. The minimum absolute atomic E-state index is 0.115. The van der Waals surface area contributed by atoms with Crippen LogP contribution in [-0.2, 0) is 16.1 Å². The molecule has 8 heteroatoms. The number of aliphatic hydroxyl groups excluding tert-OH is 1. The number of amides is 1. The Balaban J connectivity index is 1.68. The monoisotopic (exact) mass is 437 g/mol. The number of carbonyl (C=O) groups excluding carboxylic acids is 2. The fraction of sp³-hybridized carbons (Fsp3) is 0.261. The molecule has 3 heterocycles. The van der Waals surface area contributed by atoms with Crippen LogP contribution in [0.25, 0.3) is 5.76 Å². The minimum Gasteiger partial charge on any atom is -0.507 e. The quantitative estimate of drug-likeness (QED) is 0.329. The van der Waals surface area contributed by atoms with Gasteiger partial charge in [0.2, 0.25) is 0 Å². The molecule has 2 aromatic heterocycles. The summed E-state index contributed by atoms with van der Waals surface area (Å²) < 4.78 is 7.44. The second kappa shape index (κ2) is 9.18. The molecule has 0 bridgehead atoms. The fourth-order valence-electron chi connectivity index (χ4n) is 3.75. The van der Waals surface area contributed by atoms with Gasteiger partial charge in [-0.1, -0.05) is 18.2 Å². The Bertz CT molecular complexity index is 1090. The van der Waals surface area contributed by atoms with Gasteiger partial charge in [-0.3, -0.25) is 9.59 Å². The molecule has 0 spiro atoms. The summed E-state index contributed by atoms with van der Waals surface area (Å²) in [7, 11) is 0. The lowest BCUT2D eigenvalue weighted by Crippen LogP contribution is -2.31. The van der Waals surface area contributed by atoms with Crippen LogP contribution < -0.4 is 4.74 Å². The van der Waals surface area contributed by atoms with Gasteiger partial charge < -0.3 is 19.3 Å². The Hall–Kier alpha value is -3.39. The number of aryl methyl sites for hydroxylation is 1. The number of rotatable bonds is 8. The predicted octanol–water partition coefficient (Wildman–Crippen LogP) is 3.86. The molecule has 160 valence electrons. The zero-order valence-corrected chi connectivity index (χ0v) is 17.9. The van der Waals surface area contributed by atoms with Gasteiger partial charge in [-0.15, -0.1) is 11.3 Å². The number of ketones is 1. The van der Waals surface area contributed by atoms with E-state index in [9.17, 15) is 14.7 Å². The highest BCUT2D eigenvalue weighted by Crippen LogP contribution is 2.41. The molecule has 1 N–H and O–H groups in total. The summed E-state index contributed by atoms with van der Waals surface area (Å²) >= 11 is 1.46. The van der Waals surface area contributed by atoms with Gasteiger partial charge in [0.25, 0.3) is 11.7 Å². The van der Waals surface area contributed by atoms with E-state index < -0.39 is 17.7 Å². The van der Waals surface area contributed by atoms with Crippen molar-refractivity contribution in [3.63, 3.8) is 0 Å². The average Bonchev–Trinajstić information content (AvgIpc) is 3.52. The smallest absolute Gasteiger partial charge is 0.295 e. The van der Waals surface area contributed by atoms with Crippen LogP contribution in [-0.4, -0.2) is 44.4 Å². The average molecular weight is 438 g/mol. The van der Waals surface area contributed by atoms with Gasteiger partial charge in [-0.2, -0.15) is 0 Å². The highest BCUT2D eigenvalue weighted by Gasteiger charge is 2.46. The maximum Gasteiger partial charge on any atom is 0.295 e. The van der Waals surface area contributed by atoms with Crippen LogP contribution in [0.1, 0.15) is 29.8 Å². The summed E-state index contributed by atoms with van der Waals surface area (Å²) in [6, 6.07) is 10.1. The number of hydrogen-bond acceptors (Lipinski definition) is 6. The van der Waals surface area contributed by atoms with E-state index in [-0.39, 0.29) is 11.3 Å². The van der Waals surface area contributed by atoms with Gasteiger partial charge in [0.1, 0.15) is 11.5 Å². The molecule has 0 saturated carbocycles. The Kier molecular flexibility index (Phi) is 6.18. The van der Waals surface area contributed by atoms with Gasteiger partial charge >= 0.3 is 0 Å². The number of carbonyl (C=O) groups is 2. The highest BCUT2D eigenvalue weighted by molar-refractivity contribution is 7.10. The number of aromatic nitrogens is 2. The van der Waals surface area contributed by atoms with E-state index in [2.05, 4.69) is 4.98 Å². The molecular formula is C23H23N3O4S. The van der Waals surface area contributed by atoms with E-state index >= 15 is 0 Å². The Labute approximate surface area is 184 Å². The van der Waals surface area contributed by atoms with Crippen molar-refractivity contribution in [2.75, 3.05) is 13.2 Å². The van der Waals surface area contributed by atoms with Gasteiger partial charge in [0, 0.05) is 35.9 Å². The maximum atomic E-state index is 13.0. The fourth-order valence-corrected chi connectivity index (χ4v) is 4.60. The van der Waals surface area contributed by atoms with Crippen molar-refractivity contribution in [2.24, 2.45) is 0 Å². The summed E-state index contributed by atoms with van der Waals surface area (Å²) in [6.45, 7) is 3.43. The first-order valence-electron chi connectivity index (χ1n) is 10.1. The molecule has 0 radical (unpaired) electrons. The molecule has 31 heavy (non-hydrogen) atoms. The second-order valence-corrected chi connectivity index (χ2v) is 8.10. The topological polar surface area (TPSA) is 84.7 Å². The Morgan fingerprint density at radius 1 is 1.23 bits per heavy atom. The molecule has 1 fully saturated rings. The summed E-state index contributed by atoms with van der Waals surface area (Å²) in [4.78, 5) is 32.3. The predicted molar refractivity (Wildman–Crippen MR) is 118 cm³/mol. The number of imidazole rings is 1. The number of likely N-dealkylation sites (tertiary alicyclic amines) is 1. The number of nitrogens with zero attached hydrogens (tertiary/aromatic N) is 3. The molecule has 1 aliphatic heterocycles. The van der Waals surface area contributed by atoms with Crippen LogP contribution in [0.4, 0.5) is 0 Å². The number of ether oxygens (including phenoxy) is 1. The number of thiophene rings is 1. The molecule has 1 saturated heterocycles. The van der Waals surface area contributed by atoms with Gasteiger partial charge in [0.15, 0.2) is 0 Å². The van der Waals surface area contributed by atoms with Crippen molar-refractivity contribution >= 4 is 28.8 Å². The highest BCUT2D eigenvalue weighted by atomic mass is 32.1. The van der Waals surface area contributed by atoms with Crippen LogP contribution in [0.15, 0.2) is 66.1 Å². The molecular weight excluding hydrogens is 414 g/mol. The lowest BCUT2D eigenvalue weighted by atomic mass is 9.99. The summed E-state index contributed by atoms with van der Waals surface area (Å²) in [6.07, 6.45) is 5.94. The largest absolute Gasteiger partial charge is 0.507 e. The van der Waals surface area contributed by atoms with Crippen LogP contribution in [0, 0.1) is 0 Å². The molecule has 1 aromatic carbocycles. The van der Waals surface area contributed by atoms with E-state index in [1.54, 1.807) is 41.7 Å². The van der Waals surface area contributed by atoms with E-state index in [1.807, 2.05) is 35.2 Å². The summed E-state index contributed by atoms with van der Waals surface area (Å²) in [5.74, 6) is -0.851. The summed E-state index contributed by atoms with van der Waals surface area (Å²) in [5.41, 5.74) is 0.563. The number of hydrogen-bond donors (Lipinski definition) is 1. The van der Waals surface area contributed by atoms with Crippen molar-refractivity contribution < 1.29 is 19.4 Å². The maximum absolute atomic E-state index is 13.0. The molecule has 1 atom stereocenters. The standard InChI is InChI=1S/C23H23N3O4S/c1-2-30-17-7-3-6-16(14-17)21(27)19-20(18-8-4-13-31-18)26(23(29)22(19)28)11-5-10-25-12-9-24-15-25/h3-4,6-9,12-15,20,27H,2,5,10-11H2,1H3/t20-/m0/s1. The third kappa shape index (κ3) is 4.25. The Morgan fingerprint density at radius 3 is 2.81 bits per heavy atom. The molecule has 0 aliphatic carbocycles. The number of aliphatic hydroxyl groups is 1. The zero-order valence-electron chi connectivity index (χ0n) is 17.1. The van der Waals surface area contributed by atoms with Gasteiger partial charge in [-0.25, -0.2) is 4.98 Å². The normalized spacial score (nSPS) is 18.0. The van der Waals surface area contributed by atoms with Crippen LogP contribution in [0.3, 0.4) is 0 Å². The molecule has 3 aromatic rings. The van der Waals surface area contributed by atoms with Crippen molar-refractivity contribution in [1.82, 2.24) is 14.5 Å². The van der Waals surface area contributed by atoms with Crippen LogP contribution in [0.2, 0.25) is 0 Å². The van der Waals surface area contributed by atoms with Crippen molar-refractivity contribution in [2.45, 2.75) is 25.9 Å². The van der Waals surface area contributed by atoms with Crippen LogP contribution in [0.5, 0.6) is 5.75 Å². The third-order valence-electron chi connectivity index (χ3n) is 5.15. The minimum atomic E-state index is -0.666. The molecule has 0 unspecified atom stereocenters. The van der Waals surface area contributed by atoms with Crippen molar-refractivity contribution in [3.8, 4) is 5.75 Å². The first-order valence-corrected chi connectivity index (χ1v) is 11.0. The summed E-state index contributed by atoms with van der Waals surface area (Å²) in [5, 5.41) is 13.0. The third-order valence-corrected chi connectivity index (χ3v) is 6.07. The molecule has 1 amide bonds. The molecule has 4 rings (SSSR count). The Morgan fingerprint density at radius 2 is 2.10 bits per heavy atom. The first-order chi connectivity index (χ1) is 15.1. The SMILES string of the molecule is CCOc1cccc(C(O)=C2C(=O)C(=O)N(CCCn3ccnc3)[C@H]2c2cccs2)c1. The van der Waals surface area contributed by atoms with Crippen LogP contribution >= 0.6 is 11.3 Å². The van der Waals surface area contributed by atoms with Gasteiger partial charge in [-0.05, 0) is 36.9 Å². The number of Topliss-reactive ketones (excluding diaryl/α,β-unsaturated/α-hetero) is 1. The second-order valence-electron chi connectivity index (χ2n) is 7.12. The van der Waals surface area contributed by atoms with E-state index in [1.165, 1.54) is 11.3 Å². The van der Waals surface area contributed by atoms with E-state index in [0.29, 0.717) is 37.4 Å². The van der Waals surface area contributed by atoms with Gasteiger partial charge in [0.05, 0.1) is 24.5 Å².